The molecule has 0 saturated carbocycles. The molecule has 104 valence electrons. The first-order valence-corrected chi connectivity index (χ1v) is 8.60. The maximum Gasteiger partial charge on any atom is 0.161 e. The van der Waals surface area contributed by atoms with Crippen molar-refractivity contribution in [2.45, 2.75) is 19.6 Å². The molecular weight excluding hydrogens is 262 g/mol. The van der Waals surface area contributed by atoms with Crippen molar-refractivity contribution in [3.8, 4) is 5.75 Å². The van der Waals surface area contributed by atoms with E-state index >= 15 is 0 Å². The summed E-state index contributed by atoms with van der Waals surface area (Å²) in [5.41, 5.74) is 1.20. The number of hydrogen-bond acceptors (Lipinski definition) is 3. The zero-order valence-corrected chi connectivity index (χ0v) is 12.0. The van der Waals surface area contributed by atoms with Crippen molar-refractivity contribution in [2.75, 3.05) is 31.1 Å². The van der Waals surface area contributed by atoms with Gasteiger partial charge in [-0.25, -0.2) is 8.42 Å². The molecule has 0 aromatic heterocycles. The van der Waals surface area contributed by atoms with Crippen LogP contribution >= 0.6 is 0 Å². The third kappa shape index (κ3) is 2.62. The minimum absolute atomic E-state index is 0.129. The van der Waals surface area contributed by atoms with Crippen LogP contribution in [0.5, 0.6) is 5.75 Å². The van der Waals surface area contributed by atoms with Crippen LogP contribution in [0, 0.1) is 0 Å². The lowest BCUT2D eigenvalue weighted by atomic mass is 10.1. The summed E-state index contributed by atoms with van der Waals surface area (Å²) < 4.78 is 30.1. The van der Waals surface area contributed by atoms with Gasteiger partial charge in [-0.05, 0) is 19.1 Å². The van der Waals surface area contributed by atoms with Crippen LogP contribution in [0.1, 0.15) is 12.5 Å². The van der Waals surface area contributed by atoms with Gasteiger partial charge in [0.25, 0.3) is 0 Å². The van der Waals surface area contributed by atoms with Crippen LogP contribution in [0.2, 0.25) is 0 Å². The van der Waals surface area contributed by atoms with Gasteiger partial charge in [0.2, 0.25) is 0 Å². The summed E-state index contributed by atoms with van der Waals surface area (Å²) in [6.45, 7) is 5.28. The van der Waals surface area contributed by atoms with Crippen LogP contribution < -0.4 is 4.74 Å². The Morgan fingerprint density at radius 1 is 1.21 bits per heavy atom. The minimum atomic E-state index is -2.82. The molecule has 2 heterocycles. The van der Waals surface area contributed by atoms with Gasteiger partial charge in [0, 0.05) is 5.56 Å². The average Bonchev–Trinajstić information content (AvgIpc) is 2.49. The number of sulfone groups is 1. The summed E-state index contributed by atoms with van der Waals surface area (Å²) in [5.74, 6) is 1.57. The van der Waals surface area contributed by atoms with Crippen molar-refractivity contribution in [2.24, 2.45) is 0 Å². The molecule has 1 fully saturated rings. The molecule has 0 bridgehead atoms. The summed E-state index contributed by atoms with van der Waals surface area (Å²) in [5, 5.41) is 0. The van der Waals surface area contributed by atoms with Crippen LogP contribution in [-0.2, 0) is 16.4 Å². The van der Waals surface area contributed by atoms with Crippen LogP contribution in [0.25, 0.3) is 0 Å². The summed E-state index contributed by atoms with van der Waals surface area (Å²) in [6, 6.07) is 8.11. The molecule has 2 aliphatic rings. The fraction of sp³-hybridized carbons (Fsp3) is 0.571. The molecule has 2 aliphatic heterocycles. The third-order valence-corrected chi connectivity index (χ3v) is 5.81. The number of ether oxygens (including phenoxy) is 1. The minimum Gasteiger partial charge on any atom is -0.484 e. The molecule has 0 amide bonds. The second-order valence-electron chi connectivity index (χ2n) is 5.82. The van der Waals surface area contributed by atoms with Gasteiger partial charge in [0.1, 0.15) is 24.9 Å². The summed E-state index contributed by atoms with van der Waals surface area (Å²) in [6.07, 6.45) is 0.129. The number of rotatable bonds is 0. The first kappa shape index (κ1) is 12.9. The largest absolute Gasteiger partial charge is 0.484 e. The molecule has 3 rings (SSSR count). The molecule has 0 aliphatic carbocycles. The number of benzene rings is 1. The standard InChI is InChI=1S/C14H20NO3S/c1-12-10-15(6-8-19(16,17)9-7-15)11-13-4-2-3-5-14(13)18-12/h2-5,12H,6-11H2,1H3/q+1. The topological polar surface area (TPSA) is 43.4 Å². The molecule has 4 nitrogen and oxygen atoms in total. The van der Waals surface area contributed by atoms with E-state index in [-0.39, 0.29) is 6.10 Å². The van der Waals surface area contributed by atoms with E-state index in [4.69, 9.17) is 4.74 Å². The number of quaternary nitrogens is 1. The Labute approximate surface area is 114 Å². The highest BCUT2D eigenvalue weighted by atomic mass is 32.2. The molecular formula is C14H20NO3S+. The Hall–Kier alpha value is -1.07. The van der Waals surface area contributed by atoms with Gasteiger partial charge < -0.3 is 9.22 Å². The van der Waals surface area contributed by atoms with Gasteiger partial charge in [0.15, 0.2) is 9.84 Å². The maximum absolute atomic E-state index is 11.6. The molecule has 1 unspecified atom stereocenters. The lowest BCUT2D eigenvalue weighted by molar-refractivity contribution is -0.938. The van der Waals surface area contributed by atoms with E-state index in [1.54, 1.807) is 0 Å². The SMILES string of the molecule is CC1C[N+]2(CCS(=O)(=O)CC2)Cc2ccccc2O1. The normalized spacial score (nSPS) is 28.2. The number of para-hydroxylation sites is 1. The Bertz CT molecular complexity index is 568. The Balaban J connectivity index is 1.92. The van der Waals surface area contributed by atoms with Crippen LogP contribution in [-0.4, -0.2) is 50.1 Å². The zero-order chi connectivity index (χ0) is 13.5. The molecule has 0 N–H and O–H groups in total. The monoisotopic (exact) mass is 282 g/mol. The highest BCUT2D eigenvalue weighted by Gasteiger charge is 2.40. The maximum atomic E-state index is 11.6. The Kier molecular flexibility index (Phi) is 3.06. The Morgan fingerprint density at radius 2 is 1.89 bits per heavy atom. The first-order valence-electron chi connectivity index (χ1n) is 6.78. The van der Waals surface area contributed by atoms with Crippen LogP contribution in [0.4, 0.5) is 0 Å². The third-order valence-electron chi connectivity index (χ3n) is 4.20. The smallest absolute Gasteiger partial charge is 0.161 e. The van der Waals surface area contributed by atoms with Crippen LogP contribution in [0.15, 0.2) is 24.3 Å². The van der Waals surface area contributed by atoms with Gasteiger partial charge in [-0.2, -0.15) is 0 Å². The predicted octanol–water partition coefficient (Wildman–Crippen LogP) is 1.21. The van der Waals surface area contributed by atoms with Crippen molar-refractivity contribution in [1.29, 1.82) is 0 Å². The number of hydrogen-bond donors (Lipinski definition) is 0. The second kappa shape index (κ2) is 4.49. The number of fused-ring (bicyclic) bond motifs is 1. The Morgan fingerprint density at radius 3 is 2.63 bits per heavy atom. The van der Waals surface area contributed by atoms with E-state index < -0.39 is 9.84 Å². The van der Waals surface area contributed by atoms with Gasteiger partial charge in [0.05, 0.1) is 24.6 Å². The first-order chi connectivity index (χ1) is 8.98. The van der Waals surface area contributed by atoms with Crippen molar-refractivity contribution in [3.63, 3.8) is 0 Å². The van der Waals surface area contributed by atoms with E-state index in [0.717, 1.165) is 23.3 Å². The van der Waals surface area contributed by atoms with Crippen molar-refractivity contribution in [1.82, 2.24) is 0 Å². The lowest BCUT2D eigenvalue weighted by Crippen LogP contribution is -2.58. The van der Waals surface area contributed by atoms with E-state index in [1.807, 2.05) is 18.2 Å². The van der Waals surface area contributed by atoms with Crippen molar-refractivity contribution >= 4 is 9.84 Å². The molecule has 0 radical (unpaired) electrons. The fourth-order valence-corrected chi connectivity index (χ4v) is 4.73. The van der Waals surface area contributed by atoms with Gasteiger partial charge >= 0.3 is 0 Å². The van der Waals surface area contributed by atoms with Gasteiger partial charge in [-0.15, -0.1) is 0 Å². The number of nitrogens with zero attached hydrogens (tertiary/aromatic N) is 1. The van der Waals surface area contributed by atoms with Gasteiger partial charge in [-0.1, -0.05) is 12.1 Å². The van der Waals surface area contributed by atoms with E-state index in [2.05, 4.69) is 13.0 Å². The van der Waals surface area contributed by atoms with E-state index in [9.17, 15) is 8.42 Å². The summed E-state index contributed by atoms with van der Waals surface area (Å²) in [7, 11) is -2.82. The van der Waals surface area contributed by atoms with E-state index in [0.29, 0.717) is 24.6 Å². The highest BCUT2D eigenvalue weighted by Crippen LogP contribution is 2.30. The zero-order valence-electron chi connectivity index (χ0n) is 11.2. The lowest BCUT2D eigenvalue weighted by Gasteiger charge is -2.41. The summed E-state index contributed by atoms with van der Waals surface area (Å²) >= 11 is 0. The highest BCUT2D eigenvalue weighted by molar-refractivity contribution is 7.91. The van der Waals surface area contributed by atoms with Crippen LogP contribution in [0.3, 0.4) is 0 Å². The fourth-order valence-electron chi connectivity index (χ4n) is 3.19. The van der Waals surface area contributed by atoms with Crippen molar-refractivity contribution < 1.29 is 17.6 Å². The molecule has 1 spiro atoms. The van der Waals surface area contributed by atoms with E-state index in [1.165, 1.54) is 5.56 Å². The van der Waals surface area contributed by atoms with Gasteiger partial charge in [-0.3, -0.25) is 0 Å². The quantitative estimate of drug-likeness (QED) is 0.672. The molecule has 19 heavy (non-hydrogen) atoms. The average molecular weight is 282 g/mol. The molecule has 1 aromatic carbocycles. The molecule has 5 heteroatoms. The molecule has 1 saturated heterocycles. The predicted molar refractivity (Wildman–Crippen MR) is 73.8 cm³/mol. The molecule has 1 aromatic rings. The van der Waals surface area contributed by atoms with Crippen molar-refractivity contribution in [3.05, 3.63) is 29.8 Å². The summed E-state index contributed by atoms with van der Waals surface area (Å²) in [4.78, 5) is 0. The second-order valence-corrected chi connectivity index (χ2v) is 8.12. The molecule has 1 atom stereocenters.